The predicted molar refractivity (Wildman–Crippen MR) is 203 cm³/mol. The monoisotopic (exact) mass is 821 g/mol. The van der Waals surface area contributed by atoms with E-state index in [0.29, 0.717) is 10.7 Å². The predicted octanol–water partition coefficient (Wildman–Crippen LogP) is 5.58. The fourth-order valence-corrected chi connectivity index (χ4v) is 9.40. The van der Waals surface area contributed by atoms with Gasteiger partial charge in [0.05, 0.1) is 19.6 Å². The van der Waals surface area contributed by atoms with Crippen molar-refractivity contribution in [2.45, 2.75) is 112 Å². The van der Waals surface area contributed by atoms with E-state index in [1.165, 1.54) is 36.4 Å². The molecule has 3 aromatic rings. The average Bonchev–Trinajstić information content (AvgIpc) is 2.95. The van der Waals surface area contributed by atoms with Gasteiger partial charge in [0.25, 0.3) is 10.0 Å². The Morgan fingerprint density at radius 1 is 0.615 bits per heavy atom. The van der Waals surface area contributed by atoms with E-state index in [2.05, 4.69) is 14.8 Å². The lowest BCUT2D eigenvalue weighted by atomic mass is 9.92. The van der Waals surface area contributed by atoms with Gasteiger partial charge in [0.1, 0.15) is 0 Å². The van der Waals surface area contributed by atoms with Crippen molar-refractivity contribution in [3.63, 3.8) is 0 Å². The Morgan fingerprint density at radius 2 is 0.962 bits per heavy atom. The largest absolute Gasteiger partial charge is 0.333 e. The quantitative estimate of drug-likeness (QED) is 0.172. The second-order valence-electron chi connectivity index (χ2n) is 14.5. The molecule has 0 aliphatic heterocycles. The molecule has 0 unspecified atom stereocenters. The molecule has 14 nitrogen and oxygen atoms in total. The van der Waals surface area contributed by atoms with Crippen LogP contribution in [0.5, 0.6) is 0 Å². The Balaban J connectivity index is 0.000000437. The zero-order valence-corrected chi connectivity index (χ0v) is 34.7. The third kappa shape index (κ3) is 13.4. The van der Waals surface area contributed by atoms with Crippen LogP contribution in [-0.4, -0.2) is 50.8 Å². The Morgan fingerprint density at radius 3 is 1.31 bits per heavy atom. The smallest absolute Gasteiger partial charge is 0.307 e. The van der Waals surface area contributed by atoms with Crippen LogP contribution in [0, 0.1) is 0 Å². The molecule has 0 fully saturated rings. The molecule has 52 heavy (non-hydrogen) atoms. The third-order valence-electron chi connectivity index (χ3n) is 6.63. The second-order valence-corrected chi connectivity index (χ2v) is 21.6. The number of amides is 2. The standard InChI is InChI=1S/C23H32ClN3O5S2.C10H16N2O4S2/c1-14(2)19-11-16(24)12-20(15(3)4)21(19)25-22(28)26-33(29,30)17-9-8-10-18(13-17)34(31,32)27-23(5,6)7;1-10(2,3)12-18(15,16)9-6-4-5-8(7-9)17(11,13)14/h8-15,27H,1-7H3,(H2,25,26,28);4-7,12H,1-3H3,(H2,11,13,14). The van der Waals surface area contributed by atoms with Gasteiger partial charge >= 0.3 is 6.03 Å². The van der Waals surface area contributed by atoms with Crippen LogP contribution in [0.3, 0.4) is 0 Å². The highest BCUT2D eigenvalue weighted by Crippen LogP contribution is 2.35. The first-order valence-corrected chi connectivity index (χ1v) is 22.2. The highest BCUT2D eigenvalue weighted by Gasteiger charge is 2.26. The number of halogens is 1. The molecule has 3 rings (SSSR count). The number of benzene rings is 3. The van der Waals surface area contributed by atoms with Crippen LogP contribution in [0.2, 0.25) is 5.02 Å². The number of nitrogens with one attached hydrogen (secondary N) is 4. The summed E-state index contributed by atoms with van der Waals surface area (Å²) in [5, 5.41) is 8.13. The van der Waals surface area contributed by atoms with Gasteiger partial charge in [0.15, 0.2) is 0 Å². The van der Waals surface area contributed by atoms with E-state index in [-0.39, 0.29) is 31.4 Å². The highest BCUT2D eigenvalue weighted by molar-refractivity contribution is 7.91. The number of primary sulfonamides is 1. The minimum absolute atomic E-state index is 0.0142. The molecule has 0 saturated carbocycles. The molecule has 6 N–H and O–H groups in total. The Hall–Kier alpha value is -3.10. The van der Waals surface area contributed by atoms with Crippen molar-refractivity contribution in [1.29, 1.82) is 0 Å². The highest BCUT2D eigenvalue weighted by atomic mass is 35.5. The van der Waals surface area contributed by atoms with Gasteiger partial charge in [0, 0.05) is 21.8 Å². The first-order chi connectivity index (χ1) is 23.3. The number of carbonyl (C=O) groups excluding carboxylic acids is 1. The fourth-order valence-electron chi connectivity index (χ4n) is 4.58. The van der Waals surface area contributed by atoms with Gasteiger partial charge in [-0.15, -0.1) is 0 Å². The van der Waals surface area contributed by atoms with Crippen molar-refractivity contribution in [2.75, 3.05) is 5.32 Å². The van der Waals surface area contributed by atoms with E-state index in [1.807, 2.05) is 32.4 Å². The number of anilines is 1. The summed E-state index contributed by atoms with van der Waals surface area (Å²) in [6.07, 6.45) is 0. The summed E-state index contributed by atoms with van der Waals surface area (Å²) in [7, 11) is -16.0. The molecule has 0 radical (unpaired) electrons. The first kappa shape index (κ1) is 45.1. The summed E-state index contributed by atoms with van der Waals surface area (Å²) < 4.78 is 104. The number of urea groups is 1. The zero-order valence-electron chi connectivity index (χ0n) is 30.7. The van der Waals surface area contributed by atoms with E-state index in [4.69, 9.17) is 16.7 Å². The van der Waals surface area contributed by atoms with Gasteiger partial charge < -0.3 is 5.32 Å². The van der Waals surface area contributed by atoms with Crippen molar-refractivity contribution in [3.05, 3.63) is 76.8 Å². The lowest BCUT2D eigenvalue weighted by Gasteiger charge is -2.21. The van der Waals surface area contributed by atoms with Gasteiger partial charge in [-0.2, -0.15) is 0 Å². The van der Waals surface area contributed by atoms with E-state index in [9.17, 15) is 38.5 Å². The molecule has 0 aliphatic carbocycles. The number of carbonyl (C=O) groups is 1. The zero-order chi connectivity index (χ0) is 40.3. The normalized spacial score (nSPS) is 13.0. The Kier molecular flexibility index (Phi) is 14.3. The van der Waals surface area contributed by atoms with Crippen LogP contribution in [0.1, 0.15) is 92.2 Å². The molecular formula is C33H48ClN5O9S4. The van der Waals surface area contributed by atoms with Crippen molar-refractivity contribution < 1.29 is 38.5 Å². The molecule has 0 aromatic heterocycles. The molecule has 3 aromatic carbocycles. The lowest BCUT2D eigenvalue weighted by Crippen LogP contribution is -2.40. The van der Waals surface area contributed by atoms with Crippen LogP contribution in [-0.2, 0) is 40.1 Å². The van der Waals surface area contributed by atoms with Crippen LogP contribution in [0.25, 0.3) is 0 Å². The molecule has 0 saturated heterocycles. The van der Waals surface area contributed by atoms with Crippen LogP contribution in [0.15, 0.2) is 80.2 Å². The Labute approximate surface area is 313 Å². The van der Waals surface area contributed by atoms with Crippen molar-refractivity contribution >= 4 is 63.4 Å². The van der Waals surface area contributed by atoms with Crippen molar-refractivity contribution in [2.24, 2.45) is 5.14 Å². The van der Waals surface area contributed by atoms with Crippen LogP contribution in [0.4, 0.5) is 10.5 Å². The number of nitrogens with two attached hydrogens (primary N) is 1. The molecule has 0 atom stereocenters. The van der Waals surface area contributed by atoms with Gasteiger partial charge in [-0.1, -0.05) is 51.4 Å². The van der Waals surface area contributed by atoms with Crippen LogP contribution >= 0.6 is 11.6 Å². The maximum Gasteiger partial charge on any atom is 0.333 e. The molecule has 290 valence electrons. The van der Waals surface area contributed by atoms with Crippen molar-refractivity contribution in [1.82, 2.24) is 14.2 Å². The molecule has 19 heteroatoms. The maximum absolute atomic E-state index is 12.9. The minimum Gasteiger partial charge on any atom is -0.307 e. The third-order valence-corrected chi connectivity index (χ3v) is 12.6. The van der Waals surface area contributed by atoms with E-state index in [0.717, 1.165) is 23.3 Å². The molecule has 2 amide bonds. The maximum atomic E-state index is 12.9. The first-order valence-electron chi connectivity index (χ1n) is 15.8. The number of rotatable bonds is 10. The van der Waals surface area contributed by atoms with Crippen molar-refractivity contribution in [3.8, 4) is 0 Å². The molecule has 0 aliphatic rings. The number of hydrogen-bond donors (Lipinski definition) is 5. The fraction of sp³-hybridized carbons (Fsp3) is 0.424. The van der Waals surface area contributed by atoms with Gasteiger partial charge in [-0.05, 0) is 113 Å². The van der Waals surface area contributed by atoms with Gasteiger partial charge in [-0.3, -0.25) is 0 Å². The van der Waals surface area contributed by atoms with Gasteiger partial charge in [0.2, 0.25) is 30.1 Å². The van der Waals surface area contributed by atoms with Crippen LogP contribution < -0.4 is 24.6 Å². The number of sulfonamides is 4. The summed E-state index contributed by atoms with van der Waals surface area (Å²) in [6.45, 7) is 17.8. The average molecular weight is 822 g/mol. The van der Waals surface area contributed by atoms with E-state index >= 15 is 0 Å². The second kappa shape index (κ2) is 16.5. The minimum atomic E-state index is -4.36. The number of hydrogen-bond acceptors (Lipinski definition) is 9. The SMILES string of the molecule is CC(C)(C)NS(=O)(=O)c1cccc(S(N)(=O)=O)c1.CC(C)c1cc(Cl)cc(C(C)C)c1NC(=O)NS(=O)(=O)c1cccc(S(=O)(=O)NC(C)(C)C)c1. The van der Waals surface area contributed by atoms with Gasteiger partial charge in [-0.25, -0.2) is 57.8 Å². The van der Waals surface area contributed by atoms with E-state index in [1.54, 1.807) is 53.7 Å². The molecule has 0 spiro atoms. The summed E-state index contributed by atoms with van der Waals surface area (Å²) in [4.78, 5) is 11.8. The summed E-state index contributed by atoms with van der Waals surface area (Å²) in [5.41, 5.74) is 0.617. The summed E-state index contributed by atoms with van der Waals surface area (Å²) >= 11 is 6.25. The molecular weight excluding hydrogens is 774 g/mol. The summed E-state index contributed by atoms with van der Waals surface area (Å²) in [5.74, 6) is 0.0284. The van der Waals surface area contributed by atoms with E-state index < -0.39 is 57.2 Å². The molecule has 0 bridgehead atoms. The Bertz CT molecular complexity index is 2200. The summed E-state index contributed by atoms with van der Waals surface area (Å²) in [6, 6.07) is 12.2. The lowest BCUT2D eigenvalue weighted by molar-refractivity contribution is 0.256. The molecule has 0 heterocycles. The topological polar surface area (TPSA) is 228 Å².